The monoisotopic (exact) mass is 386 g/mol. The van der Waals surface area contributed by atoms with E-state index < -0.39 is 0 Å². The highest BCUT2D eigenvalue weighted by atomic mass is 15.0. The van der Waals surface area contributed by atoms with Gasteiger partial charge < -0.3 is 0 Å². The maximum Gasteiger partial charge on any atom is 0.164 e. The number of fused-ring (bicyclic) bond motifs is 1. The van der Waals surface area contributed by atoms with Crippen LogP contribution < -0.4 is 0 Å². The third-order valence-corrected chi connectivity index (χ3v) is 7.67. The van der Waals surface area contributed by atoms with Crippen molar-refractivity contribution < 1.29 is 0 Å². The molecule has 0 fully saturated rings. The summed E-state index contributed by atoms with van der Waals surface area (Å²) >= 11 is 0. The number of hydrogen-bond acceptors (Lipinski definition) is 4. The molecule has 0 unspecified atom stereocenters. The van der Waals surface area contributed by atoms with Crippen molar-refractivity contribution in [2.45, 2.75) is 66.2 Å². The summed E-state index contributed by atoms with van der Waals surface area (Å²) in [7, 11) is 0. The Hall–Kier alpha value is -2.62. The van der Waals surface area contributed by atoms with Crippen molar-refractivity contribution in [2.75, 3.05) is 0 Å². The van der Waals surface area contributed by atoms with Crippen LogP contribution in [0.15, 0.2) is 36.5 Å². The molecule has 0 radical (unpaired) electrons. The van der Waals surface area contributed by atoms with Crippen LogP contribution in [0.1, 0.15) is 64.3 Å². The van der Waals surface area contributed by atoms with Gasteiger partial charge in [0.05, 0.1) is 5.69 Å². The molecular formula is C25H30N4. The first-order chi connectivity index (χ1) is 13.4. The molecule has 2 heterocycles. The molecule has 2 aromatic heterocycles. The Morgan fingerprint density at radius 2 is 1.24 bits per heavy atom. The van der Waals surface area contributed by atoms with Gasteiger partial charge in [-0.3, -0.25) is 4.98 Å². The van der Waals surface area contributed by atoms with E-state index in [2.05, 4.69) is 80.8 Å². The van der Waals surface area contributed by atoms with Crippen molar-refractivity contribution in [3.8, 4) is 22.6 Å². The van der Waals surface area contributed by atoms with Crippen molar-refractivity contribution >= 4 is 0 Å². The van der Waals surface area contributed by atoms with E-state index in [9.17, 15) is 0 Å². The first-order valence-corrected chi connectivity index (χ1v) is 10.3. The van der Waals surface area contributed by atoms with Crippen molar-refractivity contribution in [3.05, 3.63) is 59.3 Å². The van der Waals surface area contributed by atoms with E-state index in [1.165, 1.54) is 11.1 Å². The molecule has 0 amide bonds. The number of hydrogen-bond donors (Lipinski definition) is 0. The van der Waals surface area contributed by atoms with Crippen LogP contribution in [0.3, 0.4) is 0 Å². The zero-order chi connectivity index (χ0) is 21.2. The fourth-order valence-corrected chi connectivity index (χ4v) is 4.66. The van der Waals surface area contributed by atoms with Crippen LogP contribution in [-0.2, 0) is 10.8 Å². The van der Waals surface area contributed by atoms with Crippen LogP contribution in [-0.4, -0.2) is 19.9 Å². The van der Waals surface area contributed by atoms with Crippen LogP contribution in [0, 0.1) is 19.3 Å². The normalized spacial score (nSPS) is 18.5. The minimum atomic E-state index is 0.0850. The summed E-state index contributed by atoms with van der Waals surface area (Å²) < 4.78 is 0. The molecule has 3 aromatic rings. The van der Waals surface area contributed by atoms with Crippen LogP contribution >= 0.6 is 0 Å². The predicted octanol–water partition coefficient (Wildman–Crippen LogP) is 5.81. The molecule has 0 saturated heterocycles. The quantitative estimate of drug-likeness (QED) is 0.557. The Kier molecular flexibility index (Phi) is 4.20. The van der Waals surface area contributed by atoms with E-state index in [0.29, 0.717) is 5.82 Å². The highest BCUT2D eigenvalue weighted by Gasteiger charge is 2.56. The summed E-state index contributed by atoms with van der Waals surface area (Å²) in [6, 6.07) is 10.9. The van der Waals surface area contributed by atoms with E-state index in [0.717, 1.165) is 28.5 Å². The van der Waals surface area contributed by atoms with Crippen LogP contribution in [0.4, 0.5) is 0 Å². The topological polar surface area (TPSA) is 51.6 Å². The first-order valence-electron chi connectivity index (χ1n) is 10.3. The van der Waals surface area contributed by atoms with Gasteiger partial charge in [-0.15, -0.1) is 0 Å². The number of rotatable bonds is 2. The van der Waals surface area contributed by atoms with Gasteiger partial charge in [0.1, 0.15) is 11.6 Å². The molecule has 1 aliphatic rings. The molecule has 29 heavy (non-hydrogen) atoms. The lowest BCUT2D eigenvalue weighted by atomic mass is 9.59. The first kappa shape index (κ1) is 19.7. The lowest BCUT2D eigenvalue weighted by molar-refractivity contribution is 0.125. The second-order valence-electron chi connectivity index (χ2n) is 9.82. The van der Waals surface area contributed by atoms with Gasteiger partial charge in [-0.1, -0.05) is 53.7 Å². The fourth-order valence-electron chi connectivity index (χ4n) is 4.66. The molecule has 0 saturated carbocycles. The summed E-state index contributed by atoms with van der Waals surface area (Å²) in [5, 5.41) is 0. The van der Waals surface area contributed by atoms with Gasteiger partial charge in [0, 0.05) is 17.3 Å². The molecule has 150 valence electrons. The highest BCUT2D eigenvalue weighted by molar-refractivity contribution is 5.66. The zero-order valence-electron chi connectivity index (χ0n) is 18.8. The number of pyridine rings is 1. The summed E-state index contributed by atoms with van der Waals surface area (Å²) in [4.78, 5) is 17.9. The van der Waals surface area contributed by atoms with Gasteiger partial charge >= 0.3 is 0 Å². The highest BCUT2D eigenvalue weighted by Crippen LogP contribution is 2.61. The smallest absolute Gasteiger partial charge is 0.164 e. The molecule has 0 spiro atoms. The molecule has 1 aliphatic carbocycles. The Balaban J connectivity index is 1.75. The second-order valence-corrected chi connectivity index (χ2v) is 9.82. The standard InChI is InChI=1S/C25H30N4/c1-15-27-16(2)29-22(28-15)18-10-12-21(26-14-18)17-9-11-19-20(13-17)24(5,6)25(7,8)23(19,3)4/h9-14H,1-8H3. The van der Waals surface area contributed by atoms with E-state index in [4.69, 9.17) is 4.98 Å². The van der Waals surface area contributed by atoms with Crippen LogP contribution in [0.25, 0.3) is 22.6 Å². The summed E-state index contributed by atoms with van der Waals surface area (Å²) in [6.07, 6.45) is 1.86. The lowest BCUT2D eigenvalue weighted by Gasteiger charge is -2.44. The number of benzene rings is 1. The predicted molar refractivity (Wildman–Crippen MR) is 118 cm³/mol. The third kappa shape index (κ3) is 2.80. The second kappa shape index (κ2) is 6.19. The van der Waals surface area contributed by atoms with E-state index in [1.54, 1.807) is 0 Å². The molecule has 0 aliphatic heterocycles. The summed E-state index contributed by atoms with van der Waals surface area (Å²) in [5.74, 6) is 2.12. The molecule has 1 aromatic carbocycles. The Labute approximate surface area is 173 Å². The Bertz CT molecular complexity index is 1070. The van der Waals surface area contributed by atoms with E-state index in [-0.39, 0.29) is 16.2 Å². The van der Waals surface area contributed by atoms with Gasteiger partial charge in [0.2, 0.25) is 0 Å². The minimum Gasteiger partial charge on any atom is -0.255 e. The van der Waals surface area contributed by atoms with Crippen LogP contribution in [0.5, 0.6) is 0 Å². The third-order valence-electron chi connectivity index (χ3n) is 7.67. The van der Waals surface area contributed by atoms with Gasteiger partial charge in [-0.25, -0.2) is 15.0 Å². The molecule has 4 heteroatoms. The largest absolute Gasteiger partial charge is 0.255 e. The van der Waals surface area contributed by atoms with E-state index >= 15 is 0 Å². The summed E-state index contributed by atoms with van der Waals surface area (Å²) in [6.45, 7) is 18.0. The molecule has 0 atom stereocenters. The number of aromatic nitrogens is 4. The van der Waals surface area contributed by atoms with Crippen LogP contribution in [0.2, 0.25) is 0 Å². The SMILES string of the molecule is Cc1nc(C)nc(-c2ccc(-c3ccc4c(c3)C(C)(C)C(C)(C)C4(C)C)nc2)n1. The van der Waals surface area contributed by atoms with Gasteiger partial charge in [-0.05, 0) is 59.4 Å². The maximum absolute atomic E-state index is 4.73. The lowest BCUT2D eigenvalue weighted by Crippen LogP contribution is -2.42. The zero-order valence-corrected chi connectivity index (χ0v) is 18.8. The Morgan fingerprint density at radius 3 is 1.83 bits per heavy atom. The van der Waals surface area contributed by atoms with Gasteiger partial charge in [0.15, 0.2) is 5.82 Å². The molecular weight excluding hydrogens is 356 g/mol. The van der Waals surface area contributed by atoms with Crippen molar-refractivity contribution in [3.63, 3.8) is 0 Å². The number of nitrogens with zero attached hydrogens (tertiary/aromatic N) is 4. The summed E-state index contributed by atoms with van der Waals surface area (Å²) in [5.41, 5.74) is 6.27. The average Bonchev–Trinajstić information content (AvgIpc) is 2.76. The molecule has 4 rings (SSSR count). The van der Waals surface area contributed by atoms with Crippen molar-refractivity contribution in [2.24, 2.45) is 5.41 Å². The van der Waals surface area contributed by atoms with Gasteiger partial charge in [0.25, 0.3) is 0 Å². The van der Waals surface area contributed by atoms with Crippen molar-refractivity contribution in [1.82, 2.24) is 19.9 Å². The van der Waals surface area contributed by atoms with Gasteiger partial charge in [-0.2, -0.15) is 0 Å². The average molecular weight is 387 g/mol. The molecule has 0 N–H and O–H groups in total. The van der Waals surface area contributed by atoms with E-state index in [1.807, 2.05) is 26.1 Å². The molecule has 0 bridgehead atoms. The van der Waals surface area contributed by atoms with Crippen molar-refractivity contribution in [1.29, 1.82) is 0 Å². The maximum atomic E-state index is 4.73. The fraction of sp³-hybridized carbons (Fsp3) is 0.440. The Morgan fingerprint density at radius 1 is 0.655 bits per heavy atom. The minimum absolute atomic E-state index is 0.0850. The number of aryl methyl sites for hydroxylation is 2. The molecule has 4 nitrogen and oxygen atoms in total.